The molecule has 0 spiro atoms. The number of sulfonamides is 1. The second-order valence-corrected chi connectivity index (χ2v) is 9.31. The zero-order valence-corrected chi connectivity index (χ0v) is 17.8. The van der Waals surface area contributed by atoms with E-state index in [1.165, 1.54) is 22.5 Å². The molecule has 0 saturated heterocycles. The monoisotopic (exact) mass is 428 g/mol. The molecule has 0 atom stereocenters. The van der Waals surface area contributed by atoms with Gasteiger partial charge in [0, 0.05) is 25.5 Å². The highest BCUT2D eigenvalue weighted by molar-refractivity contribution is 7.89. The molecular weight excluding hydrogens is 403 g/mol. The highest BCUT2D eigenvalue weighted by Gasteiger charge is 2.27. The molecule has 0 saturated carbocycles. The number of halogens is 1. The quantitative estimate of drug-likeness (QED) is 0.498. The van der Waals surface area contributed by atoms with Crippen LogP contribution in [0.25, 0.3) is 0 Å². The van der Waals surface area contributed by atoms with E-state index in [2.05, 4.69) is 18.8 Å². The fourth-order valence-corrected chi connectivity index (χ4v) is 4.35. The molecule has 0 bridgehead atoms. The van der Waals surface area contributed by atoms with Crippen molar-refractivity contribution in [2.24, 2.45) is 5.92 Å². The predicted molar refractivity (Wildman–Crippen MR) is 114 cm³/mol. The summed E-state index contributed by atoms with van der Waals surface area (Å²) < 4.78 is 47.8. The summed E-state index contributed by atoms with van der Waals surface area (Å²) in [5.41, 5.74) is 1.54. The molecule has 158 valence electrons. The molecule has 0 aliphatic heterocycles. The van der Waals surface area contributed by atoms with Crippen LogP contribution < -0.4 is 4.74 Å². The highest BCUT2D eigenvalue weighted by atomic mass is 32.2. The van der Waals surface area contributed by atoms with Crippen LogP contribution in [0.4, 0.5) is 4.39 Å². The third-order valence-electron chi connectivity index (χ3n) is 4.43. The highest BCUT2D eigenvalue weighted by Crippen LogP contribution is 2.24. The van der Waals surface area contributed by atoms with E-state index < -0.39 is 15.8 Å². The molecule has 3 aromatic rings. The summed E-state index contributed by atoms with van der Waals surface area (Å²) in [6.07, 6.45) is 3.20. The number of hydrogen-bond donors (Lipinski definition) is 0. The maximum absolute atomic E-state index is 14.3. The van der Waals surface area contributed by atoms with E-state index >= 15 is 0 Å². The average molecular weight is 429 g/mol. The zero-order chi connectivity index (χ0) is 21.6. The number of rotatable bonds is 9. The van der Waals surface area contributed by atoms with Gasteiger partial charge in [-0.25, -0.2) is 12.8 Å². The number of aromatic nitrogens is 1. The van der Waals surface area contributed by atoms with E-state index in [1.54, 1.807) is 24.5 Å². The van der Waals surface area contributed by atoms with Gasteiger partial charge in [-0.1, -0.05) is 38.1 Å². The minimum atomic E-state index is -4.05. The number of pyridine rings is 1. The normalized spacial score (nSPS) is 11.8. The van der Waals surface area contributed by atoms with Crippen LogP contribution in [0.2, 0.25) is 0 Å². The Labute approximate surface area is 177 Å². The summed E-state index contributed by atoms with van der Waals surface area (Å²) in [7, 11) is -4.05. The van der Waals surface area contributed by atoms with Crippen molar-refractivity contribution in [3.63, 3.8) is 0 Å². The molecular formula is C23H25FN2O3S. The van der Waals surface area contributed by atoms with Gasteiger partial charge in [-0.05, 0) is 53.4 Å². The van der Waals surface area contributed by atoms with Gasteiger partial charge in [-0.3, -0.25) is 4.98 Å². The Morgan fingerprint density at radius 1 is 0.933 bits per heavy atom. The standard InChI is InChI=1S/C23H25FN2O3S/c1-18(2)17-29-21-9-7-19(8-10-21)15-26(16-20-11-13-25-14-12-20)30(27,28)23-6-4-3-5-22(23)24/h3-14,18H,15-17H2,1-2H3. The van der Waals surface area contributed by atoms with E-state index in [-0.39, 0.29) is 18.0 Å². The Morgan fingerprint density at radius 2 is 1.53 bits per heavy atom. The van der Waals surface area contributed by atoms with E-state index in [0.717, 1.165) is 22.9 Å². The van der Waals surface area contributed by atoms with E-state index in [4.69, 9.17) is 4.74 Å². The number of nitrogens with zero attached hydrogens (tertiary/aromatic N) is 2. The van der Waals surface area contributed by atoms with Crippen LogP contribution in [0.1, 0.15) is 25.0 Å². The van der Waals surface area contributed by atoms with Gasteiger partial charge >= 0.3 is 0 Å². The first-order chi connectivity index (χ1) is 14.4. The maximum atomic E-state index is 14.3. The van der Waals surface area contributed by atoms with Crippen LogP contribution in [-0.2, 0) is 23.1 Å². The lowest BCUT2D eigenvalue weighted by Gasteiger charge is -2.23. The summed E-state index contributed by atoms with van der Waals surface area (Å²) in [4.78, 5) is 3.63. The van der Waals surface area contributed by atoms with Crippen molar-refractivity contribution in [3.05, 3.63) is 90.0 Å². The molecule has 0 aliphatic carbocycles. The van der Waals surface area contributed by atoms with Gasteiger partial charge in [-0.2, -0.15) is 4.31 Å². The Hall–Kier alpha value is -2.77. The molecule has 5 nitrogen and oxygen atoms in total. The number of benzene rings is 2. The maximum Gasteiger partial charge on any atom is 0.246 e. The summed E-state index contributed by atoms with van der Waals surface area (Å²) >= 11 is 0. The number of ether oxygens (including phenoxy) is 1. The molecule has 2 aromatic carbocycles. The third kappa shape index (κ3) is 5.64. The van der Waals surface area contributed by atoms with Crippen LogP contribution >= 0.6 is 0 Å². The van der Waals surface area contributed by atoms with E-state index in [1.807, 2.05) is 24.3 Å². The fourth-order valence-electron chi connectivity index (χ4n) is 2.87. The van der Waals surface area contributed by atoms with Crippen LogP contribution in [0.15, 0.2) is 78.0 Å². The van der Waals surface area contributed by atoms with Crippen molar-refractivity contribution in [2.45, 2.75) is 31.8 Å². The first kappa shape index (κ1) is 21.9. The van der Waals surface area contributed by atoms with Crippen LogP contribution in [-0.4, -0.2) is 24.3 Å². The van der Waals surface area contributed by atoms with Crippen molar-refractivity contribution < 1.29 is 17.5 Å². The van der Waals surface area contributed by atoms with Crippen molar-refractivity contribution >= 4 is 10.0 Å². The molecule has 3 rings (SSSR count). The lowest BCUT2D eigenvalue weighted by molar-refractivity contribution is 0.271. The molecule has 0 aliphatic rings. The molecule has 0 radical (unpaired) electrons. The predicted octanol–water partition coefficient (Wildman–Crippen LogP) is 4.65. The minimum absolute atomic E-state index is 0.101. The molecule has 0 N–H and O–H groups in total. The van der Waals surface area contributed by atoms with Crippen LogP contribution in [0.3, 0.4) is 0 Å². The minimum Gasteiger partial charge on any atom is -0.493 e. The SMILES string of the molecule is CC(C)COc1ccc(CN(Cc2ccncc2)S(=O)(=O)c2ccccc2F)cc1. The van der Waals surface area contributed by atoms with Gasteiger partial charge < -0.3 is 4.74 Å². The Bertz CT molecular complexity index is 1060. The smallest absolute Gasteiger partial charge is 0.246 e. The molecule has 1 heterocycles. The second-order valence-electron chi connectivity index (χ2n) is 7.41. The van der Waals surface area contributed by atoms with Gasteiger partial charge in [0.05, 0.1) is 6.61 Å². The average Bonchev–Trinajstić information content (AvgIpc) is 2.73. The van der Waals surface area contributed by atoms with Gasteiger partial charge in [-0.15, -0.1) is 0 Å². The molecule has 1 aromatic heterocycles. The molecule has 30 heavy (non-hydrogen) atoms. The summed E-state index contributed by atoms with van der Waals surface area (Å²) in [6, 6.07) is 16.2. The Kier molecular flexibility index (Phi) is 7.18. The Balaban J connectivity index is 1.87. The van der Waals surface area contributed by atoms with Gasteiger partial charge in [0.1, 0.15) is 16.5 Å². The summed E-state index contributed by atoms with van der Waals surface area (Å²) in [5.74, 6) is 0.367. The van der Waals surface area contributed by atoms with Crippen LogP contribution in [0, 0.1) is 11.7 Å². The molecule has 7 heteroatoms. The topological polar surface area (TPSA) is 59.5 Å². The third-order valence-corrected chi connectivity index (χ3v) is 6.25. The van der Waals surface area contributed by atoms with Crippen molar-refractivity contribution in [1.29, 1.82) is 0 Å². The van der Waals surface area contributed by atoms with Crippen molar-refractivity contribution in [3.8, 4) is 5.75 Å². The fraction of sp³-hybridized carbons (Fsp3) is 0.261. The summed E-state index contributed by atoms with van der Waals surface area (Å²) in [6.45, 7) is 4.95. The van der Waals surface area contributed by atoms with Crippen LogP contribution in [0.5, 0.6) is 5.75 Å². The molecule has 0 amide bonds. The van der Waals surface area contributed by atoms with Gasteiger partial charge in [0.25, 0.3) is 0 Å². The first-order valence-electron chi connectivity index (χ1n) is 9.71. The largest absolute Gasteiger partial charge is 0.493 e. The zero-order valence-electron chi connectivity index (χ0n) is 17.0. The van der Waals surface area contributed by atoms with Gasteiger partial charge in [0.2, 0.25) is 10.0 Å². The first-order valence-corrected chi connectivity index (χ1v) is 11.2. The van der Waals surface area contributed by atoms with Crippen molar-refractivity contribution in [1.82, 2.24) is 9.29 Å². The molecule has 0 unspecified atom stereocenters. The van der Waals surface area contributed by atoms with Crippen molar-refractivity contribution in [2.75, 3.05) is 6.61 Å². The summed E-state index contributed by atoms with van der Waals surface area (Å²) in [5, 5.41) is 0. The number of hydrogen-bond acceptors (Lipinski definition) is 4. The second kappa shape index (κ2) is 9.82. The Morgan fingerprint density at radius 3 is 2.13 bits per heavy atom. The molecule has 0 fully saturated rings. The van der Waals surface area contributed by atoms with E-state index in [9.17, 15) is 12.8 Å². The lowest BCUT2D eigenvalue weighted by atomic mass is 10.2. The lowest BCUT2D eigenvalue weighted by Crippen LogP contribution is -2.31. The van der Waals surface area contributed by atoms with E-state index in [0.29, 0.717) is 12.5 Å². The van der Waals surface area contributed by atoms with Gasteiger partial charge in [0.15, 0.2) is 0 Å².